The molecule has 1 aliphatic carbocycles. The van der Waals surface area contributed by atoms with Crippen LogP contribution in [0.3, 0.4) is 0 Å². The quantitative estimate of drug-likeness (QED) is 0.692. The maximum atomic E-state index is 13.3. The van der Waals surface area contributed by atoms with Crippen LogP contribution in [-0.4, -0.2) is 16.7 Å². The largest absolute Gasteiger partial charge is 0.362 e. The average Bonchev–Trinajstić information content (AvgIpc) is 3.06. The summed E-state index contributed by atoms with van der Waals surface area (Å²) < 4.78 is 0.976. The minimum atomic E-state index is -0.356. The monoisotopic (exact) mass is 457 g/mol. The molecule has 1 aliphatic heterocycles. The van der Waals surface area contributed by atoms with Crippen molar-refractivity contribution >= 4 is 44.8 Å². The number of carbonyl (C=O) groups is 2. The van der Waals surface area contributed by atoms with Gasteiger partial charge in [0.25, 0.3) is 5.91 Å². The third-order valence-corrected chi connectivity index (χ3v) is 6.74. The molecule has 1 amide bonds. The SMILES string of the molecule is CC1=C(C(=O)Nc2cc(C)ccn2)C(c2ccc(Br)s2)C2=C(CCCC2=O)N1. The summed E-state index contributed by atoms with van der Waals surface area (Å²) >= 11 is 5.07. The molecule has 2 aliphatic rings. The number of amides is 1. The number of aromatic nitrogens is 1. The summed E-state index contributed by atoms with van der Waals surface area (Å²) in [7, 11) is 0. The Balaban J connectivity index is 1.77. The number of Topliss-reactive ketones (excluding diaryl/α,β-unsaturated/α-hetero) is 1. The molecular weight excluding hydrogens is 438 g/mol. The van der Waals surface area contributed by atoms with Crippen molar-refractivity contribution in [1.29, 1.82) is 0 Å². The van der Waals surface area contributed by atoms with E-state index in [2.05, 4.69) is 31.5 Å². The summed E-state index contributed by atoms with van der Waals surface area (Å²) in [6.45, 7) is 3.85. The van der Waals surface area contributed by atoms with E-state index in [4.69, 9.17) is 0 Å². The number of halogens is 1. The zero-order valence-corrected chi connectivity index (χ0v) is 18.0. The van der Waals surface area contributed by atoms with Gasteiger partial charge in [-0.1, -0.05) is 0 Å². The Bertz CT molecular complexity index is 1040. The van der Waals surface area contributed by atoms with Gasteiger partial charge in [0.1, 0.15) is 5.82 Å². The van der Waals surface area contributed by atoms with E-state index in [1.807, 2.05) is 38.1 Å². The van der Waals surface area contributed by atoms with Crippen LogP contribution in [0.4, 0.5) is 5.82 Å². The van der Waals surface area contributed by atoms with Gasteiger partial charge in [-0.25, -0.2) is 4.98 Å². The molecule has 0 aromatic carbocycles. The van der Waals surface area contributed by atoms with Crippen LogP contribution in [0.15, 0.2) is 56.8 Å². The Hall–Kier alpha value is -2.25. The third-order valence-electron chi connectivity index (χ3n) is 5.06. The Kier molecular flexibility index (Phi) is 5.21. The van der Waals surface area contributed by atoms with Crippen LogP contribution in [0, 0.1) is 6.92 Å². The molecule has 1 atom stereocenters. The lowest BCUT2D eigenvalue weighted by Gasteiger charge is -2.33. The zero-order chi connectivity index (χ0) is 19.8. The number of allylic oxidation sites excluding steroid dienone is 3. The van der Waals surface area contributed by atoms with Gasteiger partial charge in [-0.15, -0.1) is 11.3 Å². The summed E-state index contributed by atoms with van der Waals surface area (Å²) in [5, 5.41) is 6.24. The molecule has 0 radical (unpaired) electrons. The maximum absolute atomic E-state index is 13.3. The van der Waals surface area contributed by atoms with Crippen molar-refractivity contribution in [3.63, 3.8) is 0 Å². The van der Waals surface area contributed by atoms with Crippen LogP contribution in [0.1, 0.15) is 42.5 Å². The normalized spacial score (nSPS) is 19.4. The lowest BCUT2D eigenvalue weighted by molar-refractivity contribution is -0.116. The number of carbonyl (C=O) groups excluding carboxylic acids is 2. The van der Waals surface area contributed by atoms with Gasteiger partial charge in [0.2, 0.25) is 0 Å². The predicted octanol–water partition coefficient (Wildman–Crippen LogP) is 4.82. The highest BCUT2D eigenvalue weighted by molar-refractivity contribution is 9.11. The minimum absolute atomic E-state index is 0.120. The fourth-order valence-electron chi connectivity index (χ4n) is 3.84. The summed E-state index contributed by atoms with van der Waals surface area (Å²) in [5.41, 5.74) is 4.06. The first-order chi connectivity index (χ1) is 13.4. The maximum Gasteiger partial charge on any atom is 0.255 e. The molecule has 2 aromatic rings. The molecule has 0 saturated carbocycles. The number of anilines is 1. The molecule has 1 unspecified atom stereocenters. The number of dihydropyridines is 1. The molecule has 0 bridgehead atoms. The number of thiophene rings is 1. The number of hydrogen-bond donors (Lipinski definition) is 2. The first-order valence-corrected chi connectivity index (χ1v) is 10.8. The molecule has 2 N–H and O–H groups in total. The number of rotatable bonds is 3. The van der Waals surface area contributed by atoms with Crippen molar-refractivity contribution < 1.29 is 9.59 Å². The van der Waals surface area contributed by atoms with Crippen LogP contribution in [0.25, 0.3) is 0 Å². The lowest BCUT2D eigenvalue weighted by atomic mass is 9.77. The standard InChI is InChI=1S/C21H20BrN3O2S/c1-11-8-9-23-17(10-11)25-21(27)18-12(2)24-13-4-3-5-14(26)19(13)20(18)15-6-7-16(22)28-15/h6-10,20,24H,3-5H2,1-2H3,(H,23,25,27). The predicted molar refractivity (Wildman–Crippen MR) is 114 cm³/mol. The Morgan fingerprint density at radius 2 is 2.11 bits per heavy atom. The Morgan fingerprint density at radius 1 is 1.29 bits per heavy atom. The van der Waals surface area contributed by atoms with Gasteiger partial charge < -0.3 is 10.6 Å². The fourth-order valence-corrected chi connectivity index (χ4v) is 5.38. The topological polar surface area (TPSA) is 71.1 Å². The van der Waals surface area contributed by atoms with E-state index in [0.717, 1.165) is 44.0 Å². The fraction of sp³-hybridized carbons (Fsp3) is 0.286. The van der Waals surface area contributed by atoms with Gasteiger partial charge in [0.15, 0.2) is 5.78 Å². The summed E-state index contributed by atoms with van der Waals surface area (Å²) in [6, 6.07) is 7.66. The highest BCUT2D eigenvalue weighted by Gasteiger charge is 2.39. The second-order valence-electron chi connectivity index (χ2n) is 7.08. The number of hydrogen-bond acceptors (Lipinski definition) is 5. The second-order valence-corrected chi connectivity index (χ2v) is 9.57. The summed E-state index contributed by atoms with van der Waals surface area (Å²) in [6.07, 6.45) is 3.87. The van der Waals surface area contributed by atoms with Crippen molar-refractivity contribution in [3.05, 3.63) is 67.2 Å². The van der Waals surface area contributed by atoms with Crippen molar-refractivity contribution in [1.82, 2.24) is 10.3 Å². The van der Waals surface area contributed by atoms with Gasteiger partial charge in [-0.3, -0.25) is 9.59 Å². The van der Waals surface area contributed by atoms with Gasteiger partial charge in [-0.2, -0.15) is 0 Å². The van der Waals surface area contributed by atoms with Crippen LogP contribution in [0.5, 0.6) is 0 Å². The molecular formula is C21H20BrN3O2S. The van der Waals surface area contributed by atoms with Crippen LogP contribution >= 0.6 is 27.3 Å². The second kappa shape index (κ2) is 7.64. The van der Waals surface area contributed by atoms with Crippen molar-refractivity contribution in [2.24, 2.45) is 0 Å². The van der Waals surface area contributed by atoms with Crippen LogP contribution in [-0.2, 0) is 9.59 Å². The molecule has 0 saturated heterocycles. The highest BCUT2D eigenvalue weighted by atomic mass is 79.9. The van der Waals surface area contributed by atoms with E-state index >= 15 is 0 Å². The zero-order valence-electron chi connectivity index (χ0n) is 15.6. The molecule has 3 heterocycles. The number of pyridine rings is 1. The number of ketones is 1. The molecule has 5 nitrogen and oxygen atoms in total. The number of nitrogens with one attached hydrogen (secondary N) is 2. The molecule has 7 heteroatoms. The third kappa shape index (κ3) is 3.56. The first kappa shape index (κ1) is 19.1. The van der Waals surface area contributed by atoms with Crippen molar-refractivity contribution in [2.45, 2.75) is 39.0 Å². The van der Waals surface area contributed by atoms with Gasteiger partial charge >= 0.3 is 0 Å². The summed E-state index contributed by atoms with van der Waals surface area (Å²) in [4.78, 5) is 31.3. The number of nitrogens with zero attached hydrogens (tertiary/aromatic N) is 1. The molecule has 28 heavy (non-hydrogen) atoms. The van der Waals surface area contributed by atoms with E-state index in [9.17, 15) is 9.59 Å². The van der Waals surface area contributed by atoms with E-state index in [-0.39, 0.29) is 17.6 Å². The highest BCUT2D eigenvalue weighted by Crippen LogP contribution is 2.45. The lowest BCUT2D eigenvalue weighted by Crippen LogP contribution is -2.35. The van der Waals surface area contributed by atoms with Crippen molar-refractivity contribution in [2.75, 3.05) is 5.32 Å². The van der Waals surface area contributed by atoms with E-state index < -0.39 is 0 Å². The summed E-state index contributed by atoms with van der Waals surface area (Å²) in [5.74, 6) is 0.0358. The van der Waals surface area contributed by atoms with Gasteiger partial charge in [-0.05, 0) is 72.4 Å². The van der Waals surface area contributed by atoms with Gasteiger partial charge in [0, 0.05) is 40.0 Å². The minimum Gasteiger partial charge on any atom is -0.362 e. The Labute approximate surface area is 176 Å². The van der Waals surface area contributed by atoms with Crippen LogP contribution < -0.4 is 10.6 Å². The molecule has 4 rings (SSSR count). The van der Waals surface area contributed by atoms with Gasteiger partial charge in [0.05, 0.1) is 9.70 Å². The molecule has 144 valence electrons. The van der Waals surface area contributed by atoms with Crippen molar-refractivity contribution in [3.8, 4) is 0 Å². The molecule has 0 spiro atoms. The smallest absolute Gasteiger partial charge is 0.255 e. The van der Waals surface area contributed by atoms with E-state index in [0.29, 0.717) is 17.8 Å². The number of aryl methyl sites for hydroxylation is 1. The van der Waals surface area contributed by atoms with E-state index in [1.165, 1.54) is 0 Å². The molecule has 0 fully saturated rings. The molecule has 2 aromatic heterocycles. The van der Waals surface area contributed by atoms with Crippen LogP contribution in [0.2, 0.25) is 0 Å². The first-order valence-electron chi connectivity index (χ1n) is 9.17. The Morgan fingerprint density at radius 3 is 2.82 bits per heavy atom. The average molecular weight is 458 g/mol. The van der Waals surface area contributed by atoms with E-state index in [1.54, 1.807) is 17.5 Å².